The molecule has 1 atom stereocenters. The number of phenolic OH excluding ortho intramolecular Hbond substituents is 1. The van der Waals surface area contributed by atoms with Crippen molar-refractivity contribution in [1.82, 2.24) is 20.0 Å². The van der Waals surface area contributed by atoms with Crippen LogP contribution in [0.15, 0.2) is 46.2 Å². The molecule has 3 aromatic rings. The Kier molecular flexibility index (Phi) is 4.18. The molecule has 134 valence electrons. The summed E-state index contributed by atoms with van der Waals surface area (Å²) in [6.07, 6.45) is 6.66. The number of piperidine rings is 1. The second kappa shape index (κ2) is 6.64. The van der Waals surface area contributed by atoms with Gasteiger partial charge in [-0.3, -0.25) is 4.79 Å². The number of benzene rings is 1. The van der Waals surface area contributed by atoms with Crippen LogP contribution in [0.2, 0.25) is 0 Å². The first kappa shape index (κ1) is 16.3. The number of nitrogens with two attached hydrogens (primary N) is 1. The van der Waals surface area contributed by atoms with E-state index >= 15 is 0 Å². The number of hydrogen-bond donors (Lipinski definition) is 3. The summed E-state index contributed by atoms with van der Waals surface area (Å²) in [5, 5.41) is 17.3. The highest BCUT2D eigenvalue weighted by Crippen LogP contribution is 2.33. The molecule has 26 heavy (non-hydrogen) atoms. The van der Waals surface area contributed by atoms with Gasteiger partial charge >= 0.3 is 0 Å². The lowest BCUT2D eigenvalue weighted by Gasteiger charge is -2.25. The Morgan fingerprint density at radius 2 is 2.23 bits per heavy atom. The summed E-state index contributed by atoms with van der Waals surface area (Å²) < 4.78 is 6.50. The molecule has 1 fully saturated rings. The molecule has 0 radical (unpaired) electrons. The van der Waals surface area contributed by atoms with Gasteiger partial charge in [-0.2, -0.15) is 0 Å². The van der Waals surface area contributed by atoms with Crippen molar-refractivity contribution in [2.24, 2.45) is 0 Å². The Morgan fingerprint density at radius 1 is 1.35 bits per heavy atom. The van der Waals surface area contributed by atoms with E-state index in [4.69, 9.17) is 10.3 Å². The maximum Gasteiger partial charge on any atom is 0.293 e. The molecule has 4 N–H and O–H groups in total. The third-order valence-corrected chi connectivity index (χ3v) is 4.66. The fraction of sp³-hybridized carbons (Fsp3) is 0.278. The fourth-order valence-corrected chi connectivity index (χ4v) is 3.27. The maximum absolute atomic E-state index is 12.5. The molecule has 2 aromatic heterocycles. The van der Waals surface area contributed by atoms with E-state index in [2.05, 4.69) is 15.5 Å². The van der Waals surface area contributed by atoms with Crippen molar-refractivity contribution in [2.75, 3.05) is 18.8 Å². The zero-order valence-electron chi connectivity index (χ0n) is 14.1. The molecule has 1 aliphatic rings. The molecule has 0 spiro atoms. The molecule has 8 nitrogen and oxygen atoms in total. The fourth-order valence-electron chi connectivity index (χ4n) is 3.27. The topological polar surface area (TPSA) is 119 Å². The van der Waals surface area contributed by atoms with Crippen molar-refractivity contribution >= 4 is 5.82 Å². The van der Waals surface area contributed by atoms with Crippen LogP contribution in [0.5, 0.6) is 5.75 Å². The zero-order valence-corrected chi connectivity index (χ0v) is 14.1. The van der Waals surface area contributed by atoms with Crippen LogP contribution in [0.25, 0.3) is 22.4 Å². The van der Waals surface area contributed by atoms with Crippen LogP contribution in [0.4, 0.5) is 5.82 Å². The molecule has 1 saturated heterocycles. The van der Waals surface area contributed by atoms with Crippen LogP contribution in [0.1, 0.15) is 18.9 Å². The predicted molar refractivity (Wildman–Crippen MR) is 96.6 cm³/mol. The lowest BCUT2D eigenvalue weighted by atomic mass is 10.0. The molecule has 1 aliphatic heterocycles. The number of aromatic hydroxyl groups is 1. The van der Waals surface area contributed by atoms with Crippen molar-refractivity contribution in [3.8, 4) is 28.1 Å². The highest BCUT2D eigenvalue weighted by Gasteiger charge is 2.20. The van der Waals surface area contributed by atoms with Crippen LogP contribution in [0.3, 0.4) is 0 Å². The molecule has 0 amide bonds. The largest absolute Gasteiger partial charge is 0.507 e. The highest BCUT2D eigenvalue weighted by molar-refractivity contribution is 5.75. The Labute approximate surface area is 149 Å². The SMILES string of the molecule is Nc1nc(-c2cc(-c3cnoc3)ccc2O)cn(C2CCCNC2)c1=O. The van der Waals surface area contributed by atoms with Gasteiger partial charge in [0.25, 0.3) is 5.56 Å². The summed E-state index contributed by atoms with van der Waals surface area (Å²) in [7, 11) is 0. The number of rotatable bonds is 3. The number of hydrogen-bond acceptors (Lipinski definition) is 7. The lowest BCUT2D eigenvalue weighted by molar-refractivity contribution is 0.364. The monoisotopic (exact) mass is 353 g/mol. The van der Waals surface area contributed by atoms with Crippen LogP contribution >= 0.6 is 0 Å². The van der Waals surface area contributed by atoms with Crippen LogP contribution in [-0.2, 0) is 0 Å². The van der Waals surface area contributed by atoms with E-state index in [0.29, 0.717) is 17.8 Å². The zero-order chi connectivity index (χ0) is 18.1. The van der Waals surface area contributed by atoms with Gasteiger partial charge in [0.1, 0.15) is 12.0 Å². The first-order valence-electron chi connectivity index (χ1n) is 8.46. The van der Waals surface area contributed by atoms with Crippen molar-refractivity contribution in [3.63, 3.8) is 0 Å². The minimum atomic E-state index is -0.308. The smallest absolute Gasteiger partial charge is 0.293 e. The molecule has 4 rings (SSSR count). The quantitative estimate of drug-likeness (QED) is 0.656. The summed E-state index contributed by atoms with van der Waals surface area (Å²) in [5.41, 5.74) is 8.11. The average molecular weight is 353 g/mol. The van der Waals surface area contributed by atoms with Gasteiger partial charge in [-0.05, 0) is 37.1 Å². The van der Waals surface area contributed by atoms with Crippen molar-refractivity contribution in [2.45, 2.75) is 18.9 Å². The molecule has 8 heteroatoms. The normalized spacial score (nSPS) is 17.3. The Morgan fingerprint density at radius 3 is 2.96 bits per heavy atom. The predicted octanol–water partition coefficient (Wildman–Crippen LogP) is 1.78. The number of anilines is 1. The van der Waals surface area contributed by atoms with Gasteiger partial charge in [0.15, 0.2) is 5.82 Å². The van der Waals surface area contributed by atoms with Crippen LogP contribution < -0.4 is 16.6 Å². The molecule has 3 heterocycles. The number of nitrogens with one attached hydrogen (secondary N) is 1. The Balaban J connectivity index is 1.82. The van der Waals surface area contributed by atoms with E-state index in [0.717, 1.165) is 30.5 Å². The number of nitrogen functional groups attached to an aromatic ring is 1. The van der Waals surface area contributed by atoms with Gasteiger partial charge < -0.3 is 25.2 Å². The minimum Gasteiger partial charge on any atom is -0.507 e. The summed E-state index contributed by atoms with van der Waals surface area (Å²) in [5.74, 6) is -0.0214. The third kappa shape index (κ3) is 2.95. The summed E-state index contributed by atoms with van der Waals surface area (Å²) in [6, 6.07) is 5.13. The third-order valence-electron chi connectivity index (χ3n) is 4.66. The summed E-state index contributed by atoms with van der Waals surface area (Å²) in [6.45, 7) is 1.65. The van der Waals surface area contributed by atoms with E-state index in [1.165, 1.54) is 6.26 Å². The van der Waals surface area contributed by atoms with E-state index < -0.39 is 0 Å². The van der Waals surface area contributed by atoms with E-state index in [9.17, 15) is 9.90 Å². The van der Waals surface area contributed by atoms with Gasteiger partial charge in [0.05, 0.1) is 11.9 Å². The second-order valence-electron chi connectivity index (χ2n) is 6.37. The first-order valence-corrected chi connectivity index (χ1v) is 8.46. The van der Waals surface area contributed by atoms with Crippen molar-refractivity contribution in [1.29, 1.82) is 0 Å². The standard InChI is InChI=1S/C18H19N5O3/c19-17-18(25)23(13-2-1-5-20-8-13)9-15(22-17)14-6-11(3-4-16(14)24)12-7-21-26-10-12/h3-4,6-7,9-10,13,20,24H,1-2,5,8H2,(H2,19,22). The van der Waals surface area contributed by atoms with Gasteiger partial charge in [-0.1, -0.05) is 11.2 Å². The maximum atomic E-state index is 12.5. The average Bonchev–Trinajstić information content (AvgIpc) is 3.20. The molecule has 1 aromatic carbocycles. The van der Waals surface area contributed by atoms with E-state index in [1.807, 2.05) is 0 Å². The Hall–Kier alpha value is -3.13. The molecule has 1 unspecified atom stereocenters. The van der Waals surface area contributed by atoms with Crippen molar-refractivity contribution < 1.29 is 9.63 Å². The Bertz CT molecular complexity index is 975. The molecular formula is C18H19N5O3. The first-order chi connectivity index (χ1) is 12.6. The highest BCUT2D eigenvalue weighted by atomic mass is 16.5. The van der Waals surface area contributed by atoms with E-state index in [1.54, 1.807) is 35.2 Å². The van der Waals surface area contributed by atoms with Crippen LogP contribution in [-0.4, -0.2) is 32.9 Å². The van der Waals surface area contributed by atoms with Gasteiger partial charge in [-0.25, -0.2) is 4.98 Å². The second-order valence-corrected chi connectivity index (χ2v) is 6.37. The molecule has 0 bridgehead atoms. The molecule has 0 saturated carbocycles. The van der Waals surface area contributed by atoms with Gasteiger partial charge in [-0.15, -0.1) is 0 Å². The van der Waals surface area contributed by atoms with Gasteiger partial charge in [0.2, 0.25) is 0 Å². The number of aromatic nitrogens is 3. The van der Waals surface area contributed by atoms with E-state index in [-0.39, 0.29) is 23.2 Å². The van der Waals surface area contributed by atoms with Crippen LogP contribution in [0, 0.1) is 0 Å². The number of nitrogens with zero attached hydrogens (tertiary/aromatic N) is 3. The van der Waals surface area contributed by atoms with Crippen molar-refractivity contribution in [3.05, 3.63) is 47.2 Å². The van der Waals surface area contributed by atoms with Gasteiger partial charge in [0, 0.05) is 29.9 Å². The molecule has 0 aliphatic carbocycles. The number of phenols is 1. The molecular weight excluding hydrogens is 334 g/mol. The lowest BCUT2D eigenvalue weighted by Crippen LogP contribution is -2.37. The minimum absolute atomic E-state index is 0.0173. The summed E-state index contributed by atoms with van der Waals surface area (Å²) in [4.78, 5) is 16.7. The summed E-state index contributed by atoms with van der Waals surface area (Å²) >= 11 is 0.